The van der Waals surface area contributed by atoms with E-state index >= 15 is 0 Å². The van der Waals surface area contributed by atoms with E-state index in [1.807, 2.05) is 18.2 Å². The zero-order chi connectivity index (χ0) is 10.7. The molecule has 1 saturated carbocycles. The third-order valence-corrected chi connectivity index (χ3v) is 3.32. The molecule has 2 heteroatoms. The van der Waals surface area contributed by atoms with E-state index < -0.39 is 5.97 Å². The summed E-state index contributed by atoms with van der Waals surface area (Å²) in [4.78, 5) is 11.0. The first-order valence-electron chi connectivity index (χ1n) is 5.54. The highest BCUT2D eigenvalue weighted by Crippen LogP contribution is 2.34. The molecule has 0 aromatic heterocycles. The van der Waals surface area contributed by atoms with E-state index in [0.29, 0.717) is 5.92 Å². The zero-order valence-electron chi connectivity index (χ0n) is 8.73. The minimum atomic E-state index is -0.617. The molecular weight excluding hydrogens is 188 g/mol. The van der Waals surface area contributed by atoms with Crippen molar-refractivity contribution in [3.05, 3.63) is 35.9 Å². The Kier molecular flexibility index (Phi) is 3.05. The molecule has 1 aliphatic rings. The maximum Gasteiger partial charge on any atom is 0.306 e. The van der Waals surface area contributed by atoms with Crippen molar-refractivity contribution in [2.24, 2.45) is 11.8 Å². The SMILES string of the molecule is O=C(O)[C@@H]1CCC[C@H]1Cc1ccccc1. The summed E-state index contributed by atoms with van der Waals surface area (Å²) in [6.07, 6.45) is 3.89. The highest BCUT2D eigenvalue weighted by atomic mass is 16.4. The Morgan fingerprint density at radius 2 is 2.00 bits per heavy atom. The van der Waals surface area contributed by atoms with Crippen LogP contribution in [0.1, 0.15) is 24.8 Å². The first-order valence-corrected chi connectivity index (χ1v) is 5.54. The predicted octanol–water partition coefficient (Wildman–Crippen LogP) is 2.73. The van der Waals surface area contributed by atoms with Gasteiger partial charge >= 0.3 is 5.97 Å². The van der Waals surface area contributed by atoms with E-state index in [1.54, 1.807) is 0 Å². The van der Waals surface area contributed by atoms with Crippen LogP contribution in [0.3, 0.4) is 0 Å². The van der Waals surface area contributed by atoms with Gasteiger partial charge in [0.2, 0.25) is 0 Å². The average molecular weight is 204 g/mol. The quantitative estimate of drug-likeness (QED) is 0.822. The van der Waals surface area contributed by atoms with Crippen molar-refractivity contribution in [2.45, 2.75) is 25.7 Å². The van der Waals surface area contributed by atoms with E-state index in [0.717, 1.165) is 25.7 Å². The lowest BCUT2D eigenvalue weighted by Gasteiger charge is -2.15. The van der Waals surface area contributed by atoms with Crippen molar-refractivity contribution in [3.63, 3.8) is 0 Å². The molecule has 1 aromatic carbocycles. The van der Waals surface area contributed by atoms with Gasteiger partial charge in [0.15, 0.2) is 0 Å². The first-order chi connectivity index (χ1) is 7.27. The van der Waals surface area contributed by atoms with Crippen LogP contribution in [-0.2, 0) is 11.2 Å². The molecule has 0 saturated heterocycles. The molecule has 0 bridgehead atoms. The third kappa shape index (κ3) is 2.38. The van der Waals surface area contributed by atoms with Crippen LogP contribution in [0.4, 0.5) is 0 Å². The smallest absolute Gasteiger partial charge is 0.306 e. The van der Waals surface area contributed by atoms with Gasteiger partial charge in [0.1, 0.15) is 0 Å². The second kappa shape index (κ2) is 4.47. The molecule has 1 fully saturated rings. The van der Waals surface area contributed by atoms with Crippen molar-refractivity contribution in [3.8, 4) is 0 Å². The molecule has 2 atom stereocenters. The van der Waals surface area contributed by atoms with Crippen molar-refractivity contribution in [1.82, 2.24) is 0 Å². The van der Waals surface area contributed by atoms with E-state index in [1.165, 1.54) is 5.56 Å². The summed E-state index contributed by atoms with van der Waals surface area (Å²) in [7, 11) is 0. The van der Waals surface area contributed by atoms with Crippen molar-refractivity contribution < 1.29 is 9.90 Å². The largest absolute Gasteiger partial charge is 0.481 e. The van der Waals surface area contributed by atoms with E-state index in [-0.39, 0.29) is 5.92 Å². The number of hydrogen-bond acceptors (Lipinski definition) is 1. The maximum atomic E-state index is 11.0. The molecular formula is C13H16O2. The second-order valence-electron chi connectivity index (χ2n) is 4.33. The Bertz CT molecular complexity index is 332. The molecule has 1 aliphatic carbocycles. The first kappa shape index (κ1) is 10.2. The molecule has 1 aromatic rings. The van der Waals surface area contributed by atoms with Gasteiger partial charge in [-0.2, -0.15) is 0 Å². The standard InChI is InChI=1S/C13H16O2/c14-13(15)12-8-4-7-11(12)9-10-5-2-1-3-6-10/h1-3,5-6,11-12H,4,7-9H2,(H,14,15)/t11-,12+/m0/s1. The van der Waals surface area contributed by atoms with Crippen LogP contribution in [0, 0.1) is 11.8 Å². The van der Waals surface area contributed by atoms with Crippen molar-refractivity contribution in [1.29, 1.82) is 0 Å². The van der Waals surface area contributed by atoms with Gasteiger partial charge in [-0.25, -0.2) is 0 Å². The molecule has 2 nitrogen and oxygen atoms in total. The monoisotopic (exact) mass is 204 g/mol. The highest BCUT2D eigenvalue weighted by Gasteiger charge is 2.32. The van der Waals surface area contributed by atoms with Crippen LogP contribution in [0.5, 0.6) is 0 Å². The summed E-state index contributed by atoms with van der Waals surface area (Å²) in [5, 5.41) is 9.06. The van der Waals surface area contributed by atoms with Gasteiger partial charge in [0, 0.05) is 0 Å². The number of carboxylic acids is 1. The summed E-state index contributed by atoms with van der Waals surface area (Å²) in [5.74, 6) is -0.400. The van der Waals surface area contributed by atoms with Crippen LogP contribution in [-0.4, -0.2) is 11.1 Å². The van der Waals surface area contributed by atoms with Gasteiger partial charge in [0.25, 0.3) is 0 Å². The lowest BCUT2D eigenvalue weighted by Crippen LogP contribution is -2.19. The van der Waals surface area contributed by atoms with Crippen LogP contribution in [0.2, 0.25) is 0 Å². The fraction of sp³-hybridized carbons (Fsp3) is 0.462. The van der Waals surface area contributed by atoms with Gasteiger partial charge < -0.3 is 5.11 Å². The van der Waals surface area contributed by atoms with Gasteiger partial charge in [-0.1, -0.05) is 36.8 Å². The molecule has 0 amide bonds. The summed E-state index contributed by atoms with van der Waals surface area (Å²) in [5.41, 5.74) is 1.26. The molecule has 0 heterocycles. The Morgan fingerprint density at radius 3 is 2.67 bits per heavy atom. The lowest BCUT2D eigenvalue weighted by atomic mass is 9.90. The molecule has 80 valence electrons. The zero-order valence-corrected chi connectivity index (χ0v) is 8.73. The van der Waals surface area contributed by atoms with E-state index in [9.17, 15) is 4.79 Å². The Hall–Kier alpha value is -1.31. The number of benzene rings is 1. The Morgan fingerprint density at radius 1 is 1.27 bits per heavy atom. The molecule has 0 radical (unpaired) electrons. The predicted molar refractivity (Wildman–Crippen MR) is 58.6 cm³/mol. The summed E-state index contributed by atoms with van der Waals surface area (Å²) >= 11 is 0. The Balaban J connectivity index is 2.03. The topological polar surface area (TPSA) is 37.3 Å². The van der Waals surface area contributed by atoms with Gasteiger partial charge in [-0.15, -0.1) is 0 Å². The van der Waals surface area contributed by atoms with Crippen molar-refractivity contribution >= 4 is 5.97 Å². The molecule has 2 rings (SSSR count). The number of carbonyl (C=O) groups is 1. The molecule has 0 spiro atoms. The van der Waals surface area contributed by atoms with E-state index in [2.05, 4.69) is 12.1 Å². The molecule has 1 N–H and O–H groups in total. The van der Waals surface area contributed by atoms with Gasteiger partial charge in [-0.05, 0) is 30.7 Å². The third-order valence-electron chi connectivity index (χ3n) is 3.32. The average Bonchev–Trinajstić information content (AvgIpc) is 2.67. The van der Waals surface area contributed by atoms with Crippen molar-refractivity contribution in [2.75, 3.05) is 0 Å². The Labute approximate surface area is 89.9 Å². The minimum Gasteiger partial charge on any atom is -0.481 e. The maximum absolute atomic E-state index is 11.0. The number of hydrogen-bond donors (Lipinski definition) is 1. The normalized spacial score (nSPS) is 25.3. The van der Waals surface area contributed by atoms with Gasteiger partial charge in [0.05, 0.1) is 5.92 Å². The number of aliphatic carboxylic acids is 1. The second-order valence-corrected chi connectivity index (χ2v) is 4.33. The summed E-state index contributed by atoms with van der Waals surface area (Å²) < 4.78 is 0. The van der Waals surface area contributed by atoms with Crippen LogP contribution >= 0.6 is 0 Å². The number of carboxylic acid groups (broad SMARTS) is 1. The highest BCUT2D eigenvalue weighted by molar-refractivity contribution is 5.70. The van der Waals surface area contributed by atoms with Crippen LogP contribution in [0.15, 0.2) is 30.3 Å². The molecule has 0 aliphatic heterocycles. The lowest BCUT2D eigenvalue weighted by molar-refractivity contribution is -0.142. The molecule has 0 unspecified atom stereocenters. The fourth-order valence-corrected chi connectivity index (χ4v) is 2.52. The van der Waals surface area contributed by atoms with Gasteiger partial charge in [-0.3, -0.25) is 4.79 Å². The minimum absolute atomic E-state index is 0.120. The van der Waals surface area contributed by atoms with Crippen LogP contribution < -0.4 is 0 Å². The number of rotatable bonds is 3. The summed E-state index contributed by atoms with van der Waals surface area (Å²) in [6, 6.07) is 10.2. The molecule has 15 heavy (non-hydrogen) atoms. The van der Waals surface area contributed by atoms with Crippen LogP contribution in [0.25, 0.3) is 0 Å². The fourth-order valence-electron chi connectivity index (χ4n) is 2.52. The van der Waals surface area contributed by atoms with E-state index in [4.69, 9.17) is 5.11 Å². The summed E-state index contributed by atoms with van der Waals surface area (Å²) in [6.45, 7) is 0.